The normalized spacial score (nSPS) is 21.0. The highest BCUT2D eigenvalue weighted by molar-refractivity contribution is 6.30. The Hall–Kier alpha value is -3.52. The summed E-state index contributed by atoms with van der Waals surface area (Å²) in [5, 5.41) is 14.9. The molecule has 3 aliphatic rings. The molecule has 1 atom stereocenters. The maximum atomic E-state index is 6.51. The van der Waals surface area contributed by atoms with Gasteiger partial charge in [-0.2, -0.15) is 5.10 Å². The van der Waals surface area contributed by atoms with E-state index in [1.165, 1.54) is 12.8 Å². The summed E-state index contributed by atoms with van der Waals surface area (Å²) >= 11 is 6.51. The predicted molar refractivity (Wildman–Crippen MR) is 156 cm³/mol. The Morgan fingerprint density at radius 2 is 1.95 bits per heavy atom. The second-order valence-electron chi connectivity index (χ2n) is 11.0. The average molecular weight is 545 g/mol. The number of halogens is 1. The van der Waals surface area contributed by atoms with Gasteiger partial charge in [0.05, 0.1) is 24.0 Å². The molecule has 5 heterocycles. The Balaban J connectivity index is 1.46. The molecule has 0 amide bonds. The third-order valence-electron chi connectivity index (χ3n) is 8.27. The summed E-state index contributed by atoms with van der Waals surface area (Å²) in [6.07, 6.45) is 9.54. The van der Waals surface area contributed by atoms with Gasteiger partial charge in [0.25, 0.3) is 0 Å². The first-order valence-electron chi connectivity index (χ1n) is 13.9. The number of fused-ring (bicyclic) bond motifs is 7. The average Bonchev–Trinajstić information content (AvgIpc) is 3.51. The molecule has 0 aliphatic carbocycles. The zero-order valence-corrected chi connectivity index (χ0v) is 23.7. The van der Waals surface area contributed by atoms with Crippen molar-refractivity contribution in [2.75, 3.05) is 33.2 Å². The number of allylic oxidation sites excluding steroid dienone is 1. The van der Waals surface area contributed by atoms with Crippen molar-refractivity contribution in [3.8, 4) is 0 Å². The van der Waals surface area contributed by atoms with E-state index in [1.807, 2.05) is 23.0 Å². The molecule has 0 saturated carbocycles. The molecule has 2 aromatic heterocycles. The second kappa shape index (κ2) is 10.6. The molecule has 1 unspecified atom stereocenters. The van der Waals surface area contributed by atoms with Gasteiger partial charge in [-0.25, -0.2) is 9.36 Å². The molecule has 0 spiro atoms. The van der Waals surface area contributed by atoms with Gasteiger partial charge < -0.3 is 14.7 Å². The molecule has 2 fully saturated rings. The summed E-state index contributed by atoms with van der Waals surface area (Å²) < 4.78 is 4.00. The van der Waals surface area contributed by atoms with Crippen LogP contribution in [0.5, 0.6) is 0 Å². The number of likely N-dealkylation sites (tertiary alicyclic amines) is 1. The number of aromatic nitrogens is 5. The number of hydrogen-bond donors (Lipinski definition) is 0. The van der Waals surface area contributed by atoms with Crippen molar-refractivity contribution in [2.24, 2.45) is 0 Å². The molecule has 4 bridgehead atoms. The summed E-state index contributed by atoms with van der Waals surface area (Å²) in [6, 6.07) is 8.45. The lowest BCUT2D eigenvalue weighted by atomic mass is 9.95. The maximum absolute atomic E-state index is 6.51. The zero-order chi connectivity index (χ0) is 27.1. The lowest BCUT2D eigenvalue weighted by molar-refractivity contribution is 0.225. The van der Waals surface area contributed by atoms with Crippen LogP contribution in [0.4, 0.5) is 0 Å². The monoisotopic (exact) mass is 544 g/mol. The van der Waals surface area contributed by atoms with E-state index < -0.39 is 0 Å². The number of hydrogen-bond acceptors (Lipinski definition) is 6. The van der Waals surface area contributed by atoms with Crippen LogP contribution in [0.2, 0.25) is 5.02 Å². The molecule has 9 heteroatoms. The van der Waals surface area contributed by atoms with E-state index in [0.29, 0.717) is 11.6 Å². The van der Waals surface area contributed by atoms with Gasteiger partial charge in [-0.1, -0.05) is 36.0 Å². The maximum Gasteiger partial charge on any atom is 0.132 e. The van der Waals surface area contributed by atoms with E-state index in [4.69, 9.17) is 16.7 Å². The molecular weight excluding hydrogens is 508 g/mol. The number of likely N-dealkylation sites (N-methyl/N-ethyl adjacent to an activating group) is 1. The Kier molecular flexibility index (Phi) is 6.97. The van der Waals surface area contributed by atoms with Gasteiger partial charge in [0, 0.05) is 79.6 Å². The highest BCUT2D eigenvalue weighted by Gasteiger charge is 2.30. The van der Waals surface area contributed by atoms with E-state index in [9.17, 15) is 0 Å². The van der Waals surface area contributed by atoms with Crippen LogP contribution in [0.25, 0.3) is 11.5 Å². The smallest absolute Gasteiger partial charge is 0.132 e. The van der Waals surface area contributed by atoms with Gasteiger partial charge in [-0.05, 0) is 56.4 Å². The van der Waals surface area contributed by atoms with Crippen molar-refractivity contribution in [1.82, 2.24) is 39.5 Å². The SMILES string of the molecule is C=C(/C=C1/N(C)CCc2cn(nn2)Cc2ccc(Cl)cc2C(=C)N2CCCCC2c2cc(C)n1n2)N1CCC1. The van der Waals surface area contributed by atoms with Crippen molar-refractivity contribution < 1.29 is 0 Å². The van der Waals surface area contributed by atoms with Crippen LogP contribution in [0.15, 0.2) is 55.4 Å². The summed E-state index contributed by atoms with van der Waals surface area (Å²) in [5.74, 6) is 1.02. The minimum absolute atomic E-state index is 0.147. The molecule has 204 valence electrons. The molecule has 3 aromatic rings. The second-order valence-corrected chi connectivity index (χ2v) is 11.4. The van der Waals surface area contributed by atoms with E-state index in [-0.39, 0.29) is 6.04 Å². The first-order chi connectivity index (χ1) is 18.9. The number of nitrogens with zero attached hydrogens (tertiary/aromatic N) is 8. The van der Waals surface area contributed by atoms with Crippen molar-refractivity contribution in [1.29, 1.82) is 0 Å². The first-order valence-corrected chi connectivity index (χ1v) is 14.3. The predicted octanol–water partition coefficient (Wildman–Crippen LogP) is 5.19. The van der Waals surface area contributed by atoms with Gasteiger partial charge >= 0.3 is 0 Å². The molecule has 0 N–H and O–H groups in total. The van der Waals surface area contributed by atoms with Crippen molar-refractivity contribution >= 4 is 23.1 Å². The molecule has 3 aliphatic heterocycles. The fourth-order valence-electron chi connectivity index (χ4n) is 5.84. The number of rotatable bonds is 2. The van der Waals surface area contributed by atoms with Gasteiger partial charge in [-0.3, -0.25) is 0 Å². The van der Waals surface area contributed by atoms with Crippen molar-refractivity contribution in [3.63, 3.8) is 0 Å². The Morgan fingerprint density at radius 3 is 2.74 bits per heavy atom. The summed E-state index contributed by atoms with van der Waals surface area (Å²) in [6.45, 7) is 15.6. The van der Waals surface area contributed by atoms with E-state index >= 15 is 0 Å². The number of benzene rings is 1. The zero-order valence-electron chi connectivity index (χ0n) is 23.0. The Labute approximate surface area is 235 Å². The molecule has 1 aromatic carbocycles. The molecule has 8 nitrogen and oxygen atoms in total. The third-order valence-corrected chi connectivity index (χ3v) is 8.50. The lowest BCUT2D eigenvalue weighted by Crippen LogP contribution is -2.36. The molecule has 0 radical (unpaired) electrons. The van der Waals surface area contributed by atoms with Crippen molar-refractivity contribution in [2.45, 2.75) is 51.6 Å². The van der Waals surface area contributed by atoms with Crippen LogP contribution in [0.3, 0.4) is 0 Å². The van der Waals surface area contributed by atoms with Gasteiger partial charge in [0.2, 0.25) is 0 Å². The lowest BCUT2D eigenvalue weighted by Gasteiger charge is -2.38. The third kappa shape index (κ3) is 5.10. The van der Waals surface area contributed by atoms with Crippen LogP contribution in [-0.2, 0) is 13.0 Å². The van der Waals surface area contributed by atoms with Gasteiger partial charge in [0.15, 0.2) is 0 Å². The molecule has 6 rings (SSSR count). The highest BCUT2D eigenvalue weighted by atomic mass is 35.5. The fraction of sp³-hybridized carbons (Fsp3) is 0.433. The minimum Gasteiger partial charge on any atom is -0.372 e. The first kappa shape index (κ1) is 25.7. The van der Waals surface area contributed by atoms with Crippen LogP contribution in [0, 0.1) is 6.92 Å². The summed E-state index contributed by atoms with van der Waals surface area (Å²) in [5.41, 5.74) is 7.34. The van der Waals surface area contributed by atoms with Crippen molar-refractivity contribution in [3.05, 3.63) is 88.6 Å². The number of aryl methyl sites for hydroxylation is 1. The van der Waals surface area contributed by atoms with Crippen LogP contribution in [0.1, 0.15) is 59.9 Å². The van der Waals surface area contributed by atoms with E-state index in [1.54, 1.807) is 0 Å². The molecule has 2 saturated heterocycles. The van der Waals surface area contributed by atoms with Gasteiger partial charge in [-0.15, -0.1) is 5.10 Å². The largest absolute Gasteiger partial charge is 0.372 e. The molecule has 39 heavy (non-hydrogen) atoms. The fourth-order valence-corrected chi connectivity index (χ4v) is 6.02. The molecular formula is C30H37ClN8. The Bertz CT molecular complexity index is 1430. The van der Waals surface area contributed by atoms with E-state index in [2.05, 4.69) is 75.0 Å². The summed E-state index contributed by atoms with van der Waals surface area (Å²) in [7, 11) is 2.12. The minimum atomic E-state index is 0.147. The van der Waals surface area contributed by atoms with Crippen LogP contribution in [-0.4, -0.2) is 72.7 Å². The summed E-state index contributed by atoms with van der Waals surface area (Å²) in [4.78, 5) is 7.00. The topological polar surface area (TPSA) is 58.3 Å². The standard InChI is InChI=1S/C30H37ClN8/c1-21(36-12-7-13-36)17-30-35(4)15-11-26-20-37(34-32-26)19-24-9-10-25(31)18-27(24)23(3)38-14-6-5-8-29(38)28-16-22(2)39(30)33-28/h9-10,16-18,20,29H,1,3,5-8,11-15,19H2,2,4H3/b30-17-. The Morgan fingerprint density at radius 1 is 1.10 bits per heavy atom. The van der Waals surface area contributed by atoms with Crippen LogP contribution >= 0.6 is 11.6 Å². The van der Waals surface area contributed by atoms with Gasteiger partial charge in [0.1, 0.15) is 5.82 Å². The van der Waals surface area contributed by atoms with Crippen LogP contribution < -0.4 is 0 Å². The highest BCUT2D eigenvalue weighted by Crippen LogP contribution is 2.38. The van der Waals surface area contributed by atoms with E-state index in [0.717, 1.165) is 90.9 Å². The number of piperidine rings is 1. The quantitative estimate of drug-likeness (QED) is 0.442.